The van der Waals surface area contributed by atoms with E-state index in [4.69, 9.17) is 5.26 Å². The van der Waals surface area contributed by atoms with Crippen molar-refractivity contribution in [3.63, 3.8) is 0 Å². The van der Waals surface area contributed by atoms with Crippen LogP contribution in [0.15, 0.2) is 36.6 Å². The second-order valence-electron chi connectivity index (χ2n) is 0.972. The average molecular weight is 177 g/mol. The molecule has 0 heterocycles. The Labute approximate surface area is 64.1 Å². The molecular weight excluding hydrogens is 174 g/mol. The Kier molecular flexibility index (Phi) is 5.59. The first kappa shape index (κ1) is 9.76. The van der Waals surface area contributed by atoms with Crippen molar-refractivity contribution < 1.29 is 15.3 Å². The summed E-state index contributed by atoms with van der Waals surface area (Å²) in [5.41, 5.74) is 0. The maximum atomic E-state index is 9.89. The highest BCUT2D eigenvalue weighted by Gasteiger charge is 1.84. The van der Waals surface area contributed by atoms with Gasteiger partial charge >= 0.3 is 0 Å². The van der Waals surface area contributed by atoms with Crippen molar-refractivity contribution >= 4 is 0 Å². The first-order valence-electron chi connectivity index (χ1n) is 2.21. The quantitative estimate of drug-likeness (QED) is 0.273. The Morgan fingerprint density at radius 2 is 1.75 bits per heavy atom. The van der Waals surface area contributed by atoms with Gasteiger partial charge in [0.15, 0.2) is 0 Å². The molecule has 0 aliphatic rings. The third-order valence-electron chi connectivity index (χ3n) is 0.395. The van der Waals surface area contributed by atoms with Crippen LogP contribution in [0.4, 0.5) is 0 Å². The van der Waals surface area contributed by atoms with E-state index < -0.39 is 5.02 Å². The average Bonchev–Trinajstić information content (AvgIpc) is 2.10. The summed E-state index contributed by atoms with van der Waals surface area (Å²) in [5, 5.41) is 36.0. The van der Waals surface area contributed by atoms with E-state index in [2.05, 4.69) is 47.4 Å². The van der Waals surface area contributed by atoms with E-state index in [1.807, 2.05) is 0 Å². The van der Waals surface area contributed by atoms with E-state index >= 15 is 0 Å². The van der Waals surface area contributed by atoms with Gasteiger partial charge in [0.2, 0.25) is 10.4 Å². The lowest BCUT2D eigenvalue weighted by Gasteiger charge is -1.90. The number of nitrogens with two attached hydrogens (primary N) is 1. The van der Waals surface area contributed by atoms with Crippen LogP contribution in [0.5, 0.6) is 0 Å². The first-order chi connectivity index (χ1) is 5.81. The van der Waals surface area contributed by atoms with Crippen LogP contribution in [0, 0.1) is 5.21 Å². The Morgan fingerprint density at radius 3 is 2.33 bits per heavy atom. The van der Waals surface area contributed by atoms with Crippen LogP contribution in [0.2, 0.25) is 0 Å². The largest absolute Gasteiger partial charge is 0.337 e. The molecule has 0 aliphatic heterocycles. The van der Waals surface area contributed by atoms with Gasteiger partial charge in [-0.15, -0.1) is 0 Å². The van der Waals surface area contributed by atoms with Gasteiger partial charge in [0.25, 0.3) is 0 Å². The molecule has 12 heavy (non-hydrogen) atoms. The van der Waals surface area contributed by atoms with Gasteiger partial charge in [-0.05, 0) is 5.22 Å². The van der Waals surface area contributed by atoms with Gasteiger partial charge in [-0.3, -0.25) is 5.26 Å². The first-order valence-corrected chi connectivity index (χ1v) is 2.21. The fourth-order valence-electron chi connectivity index (χ4n) is 0.144. The molecule has 0 saturated carbocycles. The van der Waals surface area contributed by atoms with Crippen LogP contribution in [0.3, 0.4) is 0 Å². The molecule has 12 heteroatoms. The molecule has 0 amide bonds. The third kappa shape index (κ3) is 5.89. The van der Waals surface area contributed by atoms with Gasteiger partial charge in [-0.1, -0.05) is 5.22 Å². The molecule has 0 atom stereocenters. The Balaban J connectivity index is 3.77. The fourth-order valence-corrected chi connectivity index (χ4v) is 0.144. The number of hydrogen-bond donors (Lipinski definition) is 2. The van der Waals surface area contributed by atoms with Crippen molar-refractivity contribution in [2.75, 3.05) is 0 Å². The lowest BCUT2D eigenvalue weighted by atomic mass is 12.4. The molecule has 0 saturated heterocycles. The Morgan fingerprint density at radius 1 is 1.17 bits per heavy atom. The van der Waals surface area contributed by atoms with Crippen LogP contribution >= 0.6 is 0 Å². The predicted molar refractivity (Wildman–Crippen MR) is 28.5 cm³/mol. The summed E-state index contributed by atoms with van der Waals surface area (Å²) >= 11 is 0. The summed E-state index contributed by atoms with van der Waals surface area (Å²) in [5.74, 6) is 4.51. The zero-order valence-electron chi connectivity index (χ0n) is 5.42. The maximum absolute atomic E-state index is 9.89. The van der Waals surface area contributed by atoms with Gasteiger partial charge in [0, 0.05) is 10.4 Å². The highest BCUT2D eigenvalue weighted by Crippen LogP contribution is 1.83. The van der Waals surface area contributed by atoms with E-state index in [1.54, 1.807) is 0 Å². The highest BCUT2D eigenvalue weighted by molar-refractivity contribution is 4.05. The smallest absolute Gasteiger partial charge is 0.230 e. The Bertz CT molecular complexity index is 212. The SMILES string of the molecule is N/N=N/N=N/N=N/N=[N+](\[O-])OO. The minimum Gasteiger partial charge on any atom is -0.337 e. The van der Waals surface area contributed by atoms with Crippen molar-refractivity contribution in [2.24, 2.45) is 42.4 Å². The van der Waals surface area contributed by atoms with E-state index in [9.17, 15) is 5.21 Å². The molecule has 0 aromatic heterocycles. The summed E-state index contributed by atoms with van der Waals surface area (Å²) in [6.07, 6.45) is 0. The molecule has 66 valence electrons. The zero-order chi connectivity index (χ0) is 9.23. The third-order valence-corrected chi connectivity index (χ3v) is 0.395. The van der Waals surface area contributed by atoms with E-state index in [0.29, 0.717) is 0 Å². The molecule has 0 spiro atoms. The van der Waals surface area contributed by atoms with Crippen molar-refractivity contribution in [2.45, 2.75) is 0 Å². The molecule has 0 bridgehead atoms. The van der Waals surface area contributed by atoms with Crippen LogP contribution in [0.1, 0.15) is 0 Å². The van der Waals surface area contributed by atoms with E-state index in [1.165, 1.54) is 0 Å². The molecule has 0 aromatic carbocycles. The van der Waals surface area contributed by atoms with Gasteiger partial charge < -0.3 is 16.0 Å². The molecule has 0 fully saturated rings. The number of nitrogens with zero attached hydrogens (tertiary/aromatic N) is 8. The summed E-state index contributed by atoms with van der Waals surface area (Å²) < 4.78 is 0. The van der Waals surface area contributed by atoms with Crippen molar-refractivity contribution in [1.29, 1.82) is 0 Å². The number of rotatable bonds is 4. The Hall–Kier alpha value is -2.24. The molecule has 0 unspecified atom stereocenters. The van der Waals surface area contributed by atoms with Gasteiger partial charge in [-0.25, -0.2) is 0 Å². The van der Waals surface area contributed by atoms with Gasteiger partial charge in [0.1, 0.15) is 5.22 Å². The minimum atomic E-state index is -0.622. The van der Waals surface area contributed by atoms with E-state index in [-0.39, 0.29) is 0 Å². The molecular formula is H3N9O3. The normalized spacial score (nSPS) is 13.6. The molecule has 0 aliphatic carbocycles. The molecule has 12 nitrogen and oxygen atoms in total. The van der Waals surface area contributed by atoms with Crippen molar-refractivity contribution in [3.05, 3.63) is 5.21 Å². The predicted octanol–water partition coefficient (Wildman–Crippen LogP) is 0.329. The van der Waals surface area contributed by atoms with E-state index in [0.717, 1.165) is 0 Å². The lowest BCUT2D eigenvalue weighted by Crippen LogP contribution is -1.95. The van der Waals surface area contributed by atoms with Crippen molar-refractivity contribution in [3.8, 4) is 0 Å². The fraction of sp³-hybridized carbons (Fsp3) is 0. The summed E-state index contributed by atoms with van der Waals surface area (Å²) in [7, 11) is 0. The second-order valence-corrected chi connectivity index (χ2v) is 0.972. The molecule has 0 radical (unpaired) electrons. The van der Waals surface area contributed by atoms with Crippen LogP contribution in [-0.4, -0.2) is 10.3 Å². The topological polar surface area (TPSA) is 168 Å². The standard InChI is InChI=1S/H3N9O3/c1-2-3-4-5-6-7-8-9(10)12-11/h11H,(H2,1,3,5,7)/b9-8+. The van der Waals surface area contributed by atoms with Crippen molar-refractivity contribution in [1.82, 2.24) is 0 Å². The molecule has 0 aromatic rings. The second kappa shape index (κ2) is 6.87. The van der Waals surface area contributed by atoms with Crippen LogP contribution < -0.4 is 5.84 Å². The van der Waals surface area contributed by atoms with Gasteiger partial charge in [0.05, 0.1) is 5.02 Å². The lowest BCUT2D eigenvalue weighted by molar-refractivity contribution is -0.873. The van der Waals surface area contributed by atoms with Gasteiger partial charge in [-0.2, -0.15) is 0 Å². The summed E-state index contributed by atoms with van der Waals surface area (Å²) in [6, 6.07) is 0. The molecule has 3 N–H and O–H groups in total. The monoisotopic (exact) mass is 177 g/mol. The maximum Gasteiger partial charge on any atom is 0.230 e. The highest BCUT2D eigenvalue weighted by atomic mass is 17.2. The van der Waals surface area contributed by atoms with Crippen LogP contribution in [-0.2, 0) is 4.99 Å². The number of hydrogen-bond acceptors (Lipinski definition) is 4. The van der Waals surface area contributed by atoms with Crippen LogP contribution in [0.25, 0.3) is 0 Å². The molecule has 0 rings (SSSR count). The zero-order valence-corrected chi connectivity index (χ0v) is 5.42. The summed E-state index contributed by atoms with van der Waals surface area (Å²) in [6.45, 7) is 0. The summed E-state index contributed by atoms with van der Waals surface area (Å²) in [4.78, 5) is 3.00. The minimum absolute atomic E-state index is 0.622.